The first-order chi connectivity index (χ1) is 9.32. The molecule has 1 aromatic carbocycles. The van der Waals surface area contributed by atoms with Crippen LogP contribution in [0.3, 0.4) is 0 Å². The first kappa shape index (κ1) is 21.8. The summed E-state index contributed by atoms with van der Waals surface area (Å²) in [6.45, 7) is 10.5. The second kappa shape index (κ2) is 8.60. The van der Waals surface area contributed by atoms with Crippen molar-refractivity contribution >= 4 is 46.4 Å². The molecule has 1 aliphatic heterocycles. The normalized spacial score (nSPS) is 17.3. The van der Waals surface area contributed by atoms with Crippen molar-refractivity contribution in [2.45, 2.75) is 26.8 Å². The Morgan fingerprint density at radius 2 is 1.77 bits per heavy atom. The molecule has 0 aromatic heterocycles. The maximum atomic E-state index is 10.4. The van der Waals surface area contributed by atoms with Gasteiger partial charge in [0, 0.05) is 42.3 Å². The first-order valence-electron chi connectivity index (χ1n) is 7.04. The predicted octanol–water partition coefficient (Wildman–Crippen LogP) is 3.57. The van der Waals surface area contributed by atoms with E-state index < -0.39 is 0 Å². The summed E-state index contributed by atoms with van der Waals surface area (Å²) in [5.74, 6) is 0.206. The minimum absolute atomic E-state index is 0. The highest BCUT2D eigenvalue weighted by molar-refractivity contribution is 9.10. The quantitative estimate of drug-likeness (QED) is 0.511. The van der Waals surface area contributed by atoms with Gasteiger partial charge in [-0.05, 0) is 17.5 Å². The van der Waals surface area contributed by atoms with Crippen LogP contribution in [-0.2, 0) is 0 Å². The Morgan fingerprint density at radius 3 is 2.27 bits per heavy atom. The van der Waals surface area contributed by atoms with Crippen LogP contribution in [0.4, 0.5) is 5.69 Å². The highest BCUT2D eigenvalue weighted by atomic mass is 79.9. The fourth-order valence-corrected chi connectivity index (χ4v) is 3.50. The summed E-state index contributed by atoms with van der Waals surface area (Å²) in [5, 5.41) is 13.8. The predicted molar refractivity (Wildman–Crippen MR) is 101 cm³/mol. The number of hydrogen-bond acceptors (Lipinski definition) is 4. The SMILES string of the molecule is CC(C)(C)[C@@H](c1c(Br)ccc(N)c1O)N1CCNCC1.Cl.Cl. The van der Waals surface area contributed by atoms with E-state index >= 15 is 0 Å². The minimum Gasteiger partial charge on any atom is -0.505 e. The molecule has 4 nitrogen and oxygen atoms in total. The molecule has 22 heavy (non-hydrogen) atoms. The fourth-order valence-electron chi connectivity index (χ4n) is 2.96. The van der Waals surface area contributed by atoms with Crippen molar-refractivity contribution in [2.24, 2.45) is 5.41 Å². The lowest BCUT2D eigenvalue weighted by molar-refractivity contribution is 0.0838. The van der Waals surface area contributed by atoms with E-state index in [4.69, 9.17) is 5.73 Å². The van der Waals surface area contributed by atoms with Crippen LogP contribution in [0.15, 0.2) is 16.6 Å². The lowest BCUT2D eigenvalue weighted by atomic mass is 9.80. The van der Waals surface area contributed by atoms with E-state index in [0.717, 1.165) is 36.2 Å². The van der Waals surface area contributed by atoms with E-state index in [1.54, 1.807) is 6.07 Å². The fraction of sp³-hybridized carbons (Fsp3) is 0.600. The number of nitrogen functional groups attached to an aromatic ring is 1. The van der Waals surface area contributed by atoms with Crippen LogP contribution in [0.5, 0.6) is 5.75 Å². The Labute approximate surface area is 153 Å². The van der Waals surface area contributed by atoms with Gasteiger partial charge in [-0.2, -0.15) is 0 Å². The van der Waals surface area contributed by atoms with Crippen molar-refractivity contribution in [3.63, 3.8) is 0 Å². The molecule has 128 valence electrons. The number of halogens is 3. The number of nitrogens with zero attached hydrogens (tertiary/aromatic N) is 1. The summed E-state index contributed by atoms with van der Waals surface area (Å²) < 4.78 is 0.919. The highest BCUT2D eigenvalue weighted by Crippen LogP contribution is 2.46. The lowest BCUT2D eigenvalue weighted by Gasteiger charge is -2.43. The van der Waals surface area contributed by atoms with Crippen LogP contribution in [0.25, 0.3) is 0 Å². The van der Waals surface area contributed by atoms with Crippen LogP contribution in [0, 0.1) is 5.41 Å². The van der Waals surface area contributed by atoms with Crippen molar-refractivity contribution in [1.29, 1.82) is 0 Å². The molecule has 0 aliphatic carbocycles. The molecular weight excluding hydrogens is 389 g/mol. The number of aromatic hydroxyl groups is 1. The number of phenolic OH excluding ortho intramolecular Hbond substituents is 1. The Balaban J connectivity index is 0.00000220. The number of nitrogens with one attached hydrogen (secondary N) is 1. The first-order valence-corrected chi connectivity index (χ1v) is 7.83. The molecule has 7 heteroatoms. The van der Waals surface area contributed by atoms with E-state index in [1.807, 2.05) is 6.07 Å². The molecule has 0 spiro atoms. The summed E-state index contributed by atoms with van der Waals surface area (Å²) in [7, 11) is 0. The summed E-state index contributed by atoms with van der Waals surface area (Å²) in [5.41, 5.74) is 7.24. The summed E-state index contributed by atoms with van der Waals surface area (Å²) >= 11 is 3.58. The monoisotopic (exact) mass is 413 g/mol. The molecule has 2 rings (SSSR count). The van der Waals surface area contributed by atoms with Crippen LogP contribution in [0.2, 0.25) is 0 Å². The molecule has 0 unspecified atom stereocenters. The van der Waals surface area contributed by atoms with Crippen molar-refractivity contribution in [1.82, 2.24) is 10.2 Å². The third kappa shape index (κ3) is 4.65. The van der Waals surface area contributed by atoms with E-state index in [9.17, 15) is 5.11 Å². The van der Waals surface area contributed by atoms with Gasteiger partial charge in [-0.25, -0.2) is 0 Å². The maximum absolute atomic E-state index is 10.4. The molecule has 0 radical (unpaired) electrons. The van der Waals surface area contributed by atoms with Gasteiger partial charge >= 0.3 is 0 Å². The molecular formula is C15H26BrCl2N3O. The van der Waals surface area contributed by atoms with Crippen molar-refractivity contribution in [3.05, 3.63) is 22.2 Å². The van der Waals surface area contributed by atoms with Gasteiger partial charge in [0.15, 0.2) is 0 Å². The molecule has 1 aromatic rings. The van der Waals surface area contributed by atoms with Crippen molar-refractivity contribution in [2.75, 3.05) is 31.9 Å². The van der Waals surface area contributed by atoms with Crippen LogP contribution in [0.1, 0.15) is 32.4 Å². The van der Waals surface area contributed by atoms with E-state index in [-0.39, 0.29) is 42.0 Å². The zero-order valence-electron chi connectivity index (χ0n) is 13.2. The Hall–Kier alpha value is -0.200. The van der Waals surface area contributed by atoms with Gasteiger partial charge in [-0.1, -0.05) is 36.7 Å². The van der Waals surface area contributed by atoms with Crippen LogP contribution < -0.4 is 11.1 Å². The standard InChI is InChI=1S/C15H24BrN3O.2ClH/c1-15(2,3)14(19-8-6-18-7-9-19)12-10(16)4-5-11(17)13(12)20;;/h4-5,14,18,20H,6-9,17H2,1-3H3;2*1H/t14-;;/m1../s1. The largest absolute Gasteiger partial charge is 0.505 e. The number of benzene rings is 1. The minimum atomic E-state index is 0. The zero-order chi connectivity index (χ0) is 14.9. The van der Waals surface area contributed by atoms with E-state index in [1.165, 1.54) is 0 Å². The van der Waals surface area contributed by atoms with Crippen LogP contribution >= 0.6 is 40.7 Å². The van der Waals surface area contributed by atoms with Crippen LogP contribution in [-0.4, -0.2) is 36.2 Å². The van der Waals surface area contributed by atoms with E-state index in [2.05, 4.69) is 46.9 Å². The number of rotatable bonds is 2. The van der Waals surface area contributed by atoms with Crippen molar-refractivity contribution in [3.8, 4) is 5.75 Å². The zero-order valence-corrected chi connectivity index (χ0v) is 16.4. The number of hydrogen-bond donors (Lipinski definition) is 3. The number of piperazine rings is 1. The third-order valence-electron chi connectivity index (χ3n) is 3.81. The average molecular weight is 415 g/mol. The molecule has 1 fully saturated rings. The molecule has 1 atom stereocenters. The van der Waals surface area contributed by atoms with Gasteiger partial charge in [0.05, 0.1) is 5.69 Å². The smallest absolute Gasteiger partial charge is 0.144 e. The maximum Gasteiger partial charge on any atom is 0.144 e. The van der Waals surface area contributed by atoms with Gasteiger partial charge in [0.2, 0.25) is 0 Å². The molecule has 0 saturated carbocycles. The van der Waals surface area contributed by atoms with Gasteiger partial charge in [-0.3, -0.25) is 4.90 Å². The number of nitrogens with two attached hydrogens (primary N) is 1. The third-order valence-corrected chi connectivity index (χ3v) is 4.50. The van der Waals surface area contributed by atoms with Gasteiger partial charge in [0.25, 0.3) is 0 Å². The Kier molecular flexibility index (Phi) is 8.52. The van der Waals surface area contributed by atoms with Gasteiger partial charge < -0.3 is 16.2 Å². The van der Waals surface area contributed by atoms with Gasteiger partial charge in [-0.15, -0.1) is 24.8 Å². The topological polar surface area (TPSA) is 61.5 Å². The molecule has 1 saturated heterocycles. The highest BCUT2D eigenvalue weighted by Gasteiger charge is 2.36. The second-order valence-electron chi connectivity index (χ2n) is 6.45. The number of phenols is 1. The van der Waals surface area contributed by atoms with Crippen molar-refractivity contribution < 1.29 is 5.11 Å². The summed E-state index contributed by atoms with van der Waals surface area (Å²) in [4.78, 5) is 2.43. The average Bonchev–Trinajstić information content (AvgIpc) is 2.39. The molecule has 0 amide bonds. The molecule has 1 heterocycles. The number of anilines is 1. The lowest BCUT2D eigenvalue weighted by Crippen LogP contribution is -2.48. The molecule has 4 N–H and O–H groups in total. The Morgan fingerprint density at radius 1 is 1.23 bits per heavy atom. The summed E-state index contributed by atoms with van der Waals surface area (Å²) in [6.07, 6.45) is 0. The Bertz CT molecular complexity index is 488. The molecule has 0 bridgehead atoms. The van der Waals surface area contributed by atoms with Gasteiger partial charge in [0.1, 0.15) is 5.75 Å². The molecule has 1 aliphatic rings. The summed E-state index contributed by atoms with van der Waals surface area (Å²) in [6, 6.07) is 3.79. The van der Waals surface area contributed by atoms with E-state index in [0.29, 0.717) is 5.69 Å². The second-order valence-corrected chi connectivity index (χ2v) is 7.31.